The van der Waals surface area contributed by atoms with Crippen LogP contribution in [0, 0.1) is 0 Å². The zero-order chi connectivity index (χ0) is 9.07. The summed E-state index contributed by atoms with van der Waals surface area (Å²) in [4.78, 5) is 9.85. The van der Waals surface area contributed by atoms with Gasteiger partial charge in [0, 0.05) is 0 Å². The first kappa shape index (κ1) is 10.5. The summed E-state index contributed by atoms with van der Waals surface area (Å²) in [6, 6.07) is 0. The summed E-state index contributed by atoms with van der Waals surface area (Å²) in [7, 11) is 0. The predicted octanol–water partition coefficient (Wildman–Crippen LogP) is -3.45. The van der Waals surface area contributed by atoms with Gasteiger partial charge >= 0.3 is 0 Å². The third-order valence-corrected chi connectivity index (χ3v) is 1.23. The van der Waals surface area contributed by atoms with Crippen LogP contribution in [0.25, 0.3) is 0 Å². The van der Waals surface area contributed by atoms with Gasteiger partial charge in [-0.2, -0.15) is 0 Å². The second kappa shape index (κ2) is 3.74. The zero-order valence-electron chi connectivity index (χ0n) is 5.71. The molecular weight excluding hydrogens is 154 g/mol. The van der Waals surface area contributed by atoms with Crippen LogP contribution in [0.2, 0.25) is 0 Å². The fraction of sp³-hybridized carbons (Fsp3) is 0.800. The van der Waals surface area contributed by atoms with Crippen LogP contribution < -0.4 is 5.73 Å². The molecule has 0 aromatic carbocycles. The molecule has 0 saturated carbocycles. The minimum Gasteiger partial charge on any atom is -0.392 e. The van der Waals surface area contributed by atoms with Crippen molar-refractivity contribution in [1.29, 1.82) is 0 Å². The molecule has 0 amide bonds. The third-order valence-electron chi connectivity index (χ3n) is 1.23. The van der Waals surface area contributed by atoms with Gasteiger partial charge in [0.05, 0.1) is 6.61 Å². The molecule has 0 radical (unpaired) electrons. The molecule has 0 spiro atoms. The van der Waals surface area contributed by atoms with Crippen molar-refractivity contribution in [3.8, 4) is 0 Å². The highest BCUT2D eigenvalue weighted by Crippen LogP contribution is 2.04. The van der Waals surface area contributed by atoms with E-state index >= 15 is 0 Å². The topological polar surface area (TPSA) is 124 Å². The quantitative estimate of drug-likeness (QED) is 0.218. The molecule has 66 valence electrons. The Morgan fingerprint density at radius 1 is 1.55 bits per heavy atom. The van der Waals surface area contributed by atoms with E-state index in [1.807, 2.05) is 0 Å². The second-order valence-electron chi connectivity index (χ2n) is 2.22. The van der Waals surface area contributed by atoms with E-state index < -0.39 is 24.5 Å². The van der Waals surface area contributed by atoms with E-state index in [4.69, 9.17) is 26.2 Å². The Balaban J connectivity index is 4.21. The Bertz CT molecular complexity index is 137. The maximum absolute atomic E-state index is 9.85. The Morgan fingerprint density at radius 3 is 2.27 bits per heavy atom. The molecule has 0 rings (SSSR count). The normalized spacial score (nSPS) is 21.9. The molecule has 0 fully saturated rings. The molecule has 0 heterocycles. The summed E-state index contributed by atoms with van der Waals surface area (Å²) in [5.74, 6) is 0. The number of hydrogen-bond acceptors (Lipinski definition) is 6. The lowest BCUT2D eigenvalue weighted by Gasteiger charge is -2.27. The third kappa shape index (κ3) is 2.52. The van der Waals surface area contributed by atoms with Gasteiger partial charge in [-0.3, -0.25) is 5.73 Å². The van der Waals surface area contributed by atoms with E-state index in [0.29, 0.717) is 0 Å². The highest BCUT2D eigenvalue weighted by Gasteiger charge is 2.35. The fourth-order valence-electron chi connectivity index (χ4n) is 0.464. The number of carbonyl (C=O) groups excluding carboxylic acids is 1. The lowest BCUT2D eigenvalue weighted by molar-refractivity contribution is -0.151. The highest BCUT2D eigenvalue weighted by atomic mass is 16.4. The van der Waals surface area contributed by atoms with Crippen LogP contribution in [-0.2, 0) is 4.79 Å². The van der Waals surface area contributed by atoms with Crippen LogP contribution >= 0.6 is 0 Å². The first-order valence-corrected chi connectivity index (χ1v) is 2.89. The van der Waals surface area contributed by atoms with Gasteiger partial charge in [0.1, 0.15) is 12.2 Å². The first-order valence-electron chi connectivity index (χ1n) is 2.89. The average molecular weight is 165 g/mol. The number of aliphatic hydroxyl groups excluding tert-OH is 3. The summed E-state index contributed by atoms with van der Waals surface area (Å²) in [5.41, 5.74) is 2.53. The molecule has 0 aliphatic heterocycles. The van der Waals surface area contributed by atoms with Crippen LogP contribution in [0.1, 0.15) is 0 Å². The molecule has 0 unspecified atom stereocenters. The molecule has 0 saturated heterocycles. The SMILES string of the molecule is N[C@@](O)(CO)[C@H](O)[C@H](O)C=O. The Hall–Kier alpha value is -0.530. The number of aliphatic hydroxyl groups is 4. The van der Waals surface area contributed by atoms with Gasteiger partial charge in [-0.25, -0.2) is 0 Å². The number of rotatable bonds is 4. The lowest BCUT2D eigenvalue weighted by atomic mass is 10.0. The molecule has 3 atom stereocenters. The fourth-order valence-corrected chi connectivity index (χ4v) is 0.464. The van der Waals surface area contributed by atoms with Crippen molar-refractivity contribution in [2.24, 2.45) is 5.73 Å². The average Bonchev–Trinajstić information content (AvgIpc) is 2.01. The van der Waals surface area contributed by atoms with E-state index in [9.17, 15) is 4.79 Å². The van der Waals surface area contributed by atoms with Gasteiger partial charge in [-0.1, -0.05) is 0 Å². The van der Waals surface area contributed by atoms with Crippen molar-refractivity contribution in [2.75, 3.05) is 6.61 Å². The number of aldehydes is 1. The molecule has 0 aromatic rings. The van der Waals surface area contributed by atoms with Crippen LogP contribution in [0.15, 0.2) is 0 Å². The molecule has 0 aliphatic carbocycles. The number of nitrogens with two attached hydrogens (primary N) is 1. The summed E-state index contributed by atoms with van der Waals surface area (Å²) in [5, 5.41) is 34.7. The van der Waals surface area contributed by atoms with E-state index in [1.54, 1.807) is 0 Å². The van der Waals surface area contributed by atoms with Crippen molar-refractivity contribution >= 4 is 6.29 Å². The molecule has 0 aliphatic rings. The van der Waals surface area contributed by atoms with Gasteiger partial charge in [0.15, 0.2) is 12.0 Å². The van der Waals surface area contributed by atoms with Crippen molar-refractivity contribution in [2.45, 2.75) is 17.9 Å². The summed E-state index contributed by atoms with van der Waals surface area (Å²) in [6.07, 6.45) is -3.67. The molecule has 6 nitrogen and oxygen atoms in total. The number of hydrogen-bond donors (Lipinski definition) is 5. The summed E-state index contributed by atoms with van der Waals surface area (Å²) >= 11 is 0. The van der Waals surface area contributed by atoms with Crippen LogP contribution in [0.4, 0.5) is 0 Å². The Labute approximate surface area is 62.9 Å². The van der Waals surface area contributed by atoms with Gasteiger partial charge < -0.3 is 25.2 Å². The zero-order valence-corrected chi connectivity index (χ0v) is 5.71. The Morgan fingerprint density at radius 2 is 2.00 bits per heavy atom. The standard InChI is InChI=1S/C5H11NO5/c6-5(11,2-8)4(10)3(9)1-7/h1,3-4,8-11H,2,6H2/t3-,4-,5-/m1/s1. The highest BCUT2D eigenvalue weighted by molar-refractivity contribution is 5.56. The van der Waals surface area contributed by atoms with E-state index in [0.717, 1.165) is 0 Å². The Kier molecular flexibility index (Phi) is 3.56. The maximum Gasteiger partial charge on any atom is 0.166 e. The monoisotopic (exact) mass is 165 g/mol. The molecule has 6 N–H and O–H groups in total. The minimum atomic E-state index is -2.35. The van der Waals surface area contributed by atoms with Gasteiger partial charge in [0.2, 0.25) is 0 Å². The molecule has 6 heteroatoms. The van der Waals surface area contributed by atoms with E-state index in [1.165, 1.54) is 0 Å². The largest absolute Gasteiger partial charge is 0.392 e. The van der Waals surface area contributed by atoms with Crippen molar-refractivity contribution in [3.63, 3.8) is 0 Å². The number of carbonyl (C=O) groups is 1. The van der Waals surface area contributed by atoms with Gasteiger partial charge in [0.25, 0.3) is 0 Å². The maximum atomic E-state index is 9.85. The van der Waals surface area contributed by atoms with E-state index in [2.05, 4.69) is 0 Å². The van der Waals surface area contributed by atoms with Crippen molar-refractivity contribution in [3.05, 3.63) is 0 Å². The first-order chi connectivity index (χ1) is 4.95. The molecule has 0 aromatic heterocycles. The predicted molar refractivity (Wildman–Crippen MR) is 34.3 cm³/mol. The molecular formula is C5H11NO5. The van der Waals surface area contributed by atoms with Gasteiger partial charge in [-0.05, 0) is 0 Å². The van der Waals surface area contributed by atoms with Crippen molar-refractivity contribution < 1.29 is 25.2 Å². The molecule has 11 heavy (non-hydrogen) atoms. The summed E-state index contributed by atoms with van der Waals surface area (Å²) in [6.45, 7) is -0.945. The second-order valence-corrected chi connectivity index (χ2v) is 2.22. The minimum absolute atomic E-state index is 0.0121. The van der Waals surface area contributed by atoms with Crippen LogP contribution in [0.5, 0.6) is 0 Å². The van der Waals surface area contributed by atoms with Crippen LogP contribution in [-0.4, -0.2) is 51.3 Å². The van der Waals surface area contributed by atoms with Crippen molar-refractivity contribution in [1.82, 2.24) is 0 Å². The lowest BCUT2D eigenvalue weighted by Crippen LogP contribution is -2.58. The summed E-state index contributed by atoms with van der Waals surface area (Å²) < 4.78 is 0. The van der Waals surface area contributed by atoms with Gasteiger partial charge in [-0.15, -0.1) is 0 Å². The van der Waals surface area contributed by atoms with E-state index in [-0.39, 0.29) is 6.29 Å². The molecule has 0 bridgehead atoms. The van der Waals surface area contributed by atoms with Crippen LogP contribution in [0.3, 0.4) is 0 Å². The smallest absolute Gasteiger partial charge is 0.166 e.